The third kappa shape index (κ3) is 6.64. The van der Waals surface area contributed by atoms with E-state index in [0.717, 1.165) is 0 Å². The van der Waals surface area contributed by atoms with Crippen molar-refractivity contribution in [3.8, 4) is 5.75 Å². The maximum absolute atomic E-state index is 9.83. The first kappa shape index (κ1) is 11.2. The molecular formula is C8H13N3O2. The molecule has 0 spiro atoms. The minimum absolute atomic E-state index is 0.322. The third-order valence-electron chi connectivity index (χ3n) is 1.11. The number of rotatable bonds is 0. The smallest absolute Gasteiger partial charge is 0.328 e. The number of hydrogen-bond donors (Lipinski definition) is 4. The Bertz CT molecular complexity index is 232. The number of amides is 2. The molecule has 0 atom stereocenters. The highest BCUT2D eigenvalue weighted by Gasteiger charge is 1.82. The van der Waals surface area contributed by atoms with Gasteiger partial charge in [0.15, 0.2) is 0 Å². The van der Waals surface area contributed by atoms with E-state index in [1.165, 1.54) is 7.05 Å². The van der Waals surface area contributed by atoms with E-state index in [4.69, 9.17) is 5.11 Å². The average Bonchev–Trinajstić information content (AvgIpc) is 2.19. The SMILES string of the molecule is CNC(=O)NN.Oc1ccccc1. The molecule has 0 saturated carbocycles. The summed E-state index contributed by atoms with van der Waals surface area (Å²) in [5.41, 5.74) is 1.86. The summed E-state index contributed by atoms with van der Waals surface area (Å²) < 4.78 is 0. The molecule has 72 valence electrons. The summed E-state index contributed by atoms with van der Waals surface area (Å²) in [4.78, 5) is 9.83. The Morgan fingerprint density at radius 2 is 1.92 bits per heavy atom. The first-order chi connectivity index (χ1) is 6.20. The second-order valence-electron chi connectivity index (χ2n) is 2.06. The van der Waals surface area contributed by atoms with Crippen molar-refractivity contribution < 1.29 is 9.90 Å². The van der Waals surface area contributed by atoms with Crippen LogP contribution >= 0.6 is 0 Å². The van der Waals surface area contributed by atoms with Gasteiger partial charge in [-0.2, -0.15) is 0 Å². The molecule has 0 heterocycles. The van der Waals surface area contributed by atoms with Gasteiger partial charge in [0.2, 0.25) is 0 Å². The Balaban J connectivity index is 0.000000226. The fourth-order valence-corrected chi connectivity index (χ4v) is 0.500. The normalized spacial score (nSPS) is 7.85. The lowest BCUT2D eigenvalue weighted by atomic mass is 10.3. The van der Waals surface area contributed by atoms with E-state index >= 15 is 0 Å². The molecule has 1 rings (SSSR count). The predicted molar refractivity (Wildman–Crippen MR) is 49.9 cm³/mol. The average molecular weight is 183 g/mol. The summed E-state index contributed by atoms with van der Waals surface area (Å²) in [6.45, 7) is 0. The van der Waals surface area contributed by atoms with Gasteiger partial charge in [0.25, 0.3) is 0 Å². The van der Waals surface area contributed by atoms with Crippen LogP contribution in [0.25, 0.3) is 0 Å². The number of para-hydroxylation sites is 1. The van der Waals surface area contributed by atoms with Crippen LogP contribution in [0.1, 0.15) is 0 Å². The largest absolute Gasteiger partial charge is 0.508 e. The maximum Gasteiger partial charge on any atom is 0.328 e. The van der Waals surface area contributed by atoms with Crippen LogP contribution in [0.15, 0.2) is 30.3 Å². The van der Waals surface area contributed by atoms with Crippen LogP contribution in [0.3, 0.4) is 0 Å². The summed E-state index contributed by atoms with van der Waals surface area (Å²) in [6.07, 6.45) is 0. The number of phenolic OH excluding ortho intramolecular Hbond substituents is 1. The number of hydrogen-bond acceptors (Lipinski definition) is 3. The van der Waals surface area contributed by atoms with Gasteiger partial charge in [0, 0.05) is 7.05 Å². The topological polar surface area (TPSA) is 87.4 Å². The fraction of sp³-hybridized carbons (Fsp3) is 0.125. The molecule has 0 aliphatic rings. The molecular weight excluding hydrogens is 170 g/mol. The Kier molecular flexibility index (Phi) is 6.00. The van der Waals surface area contributed by atoms with Gasteiger partial charge in [-0.05, 0) is 12.1 Å². The zero-order valence-electron chi connectivity index (χ0n) is 7.32. The summed E-state index contributed by atoms with van der Waals surface area (Å²) in [5.74, 6) is 4.94. The minimum Gasteiger partial charge on any atom is -0.508 e. The number of carbonyl (C=O) groups excluding carboxylic acids is 1. The van der Waals surface area contributed by atoms with Crippen LogP contribution in [-0.2, 0) is 0 Å². The van der Waals surface area contributed by atoms with Crippen molar-refractivity contribution in [1.82, 2.24) is 10.7 Å². The Hall–Kier alpha value is -1.75. The number of phenols is 1. The highest BCUT2D eigenvalue weighted by Crippen LogP contribution is 2.02. The van der Waals surface area contributed by atoms with Crippen LogP contribution < -0.4 is 16.6 Å². The van der Waals surface area contributed by atoms with Gasteiger partial charge in [-0.3, -0.25) is 5.43 Å². The number of benzene rings is 1. The lowest BCUT2D eigenvalue weighted by Crippen LogP contribution is -2.37. The quantitative estimate of drug-likeness (QED) is 0.263. The monoisotopic (exact) mass is 183 g/mol. The molecule has 5 heteroatoms. The summed E-state index contributed by atoms with van der Waals surface area (Å²) in [5, 5.41) is 10.9. The zero-order chi connectivity index (χ0) is 10.1. The van der Waals surface area contributed by atoms with E-state index in [9.17, 15) is 4.79 Å². The van der Waals surface area contributed by atoms with Crippen LogP contribution in [0.4, 0.5) is 4.79 Å². The van der Waals surface area contributed by atoms with Crippen molar-refractivity contribution in [2.24, 2.45) is 5.84 Å². The van der Waals surface area contributed by atoms with Gasteiger partial charge in [-0.1, -0.05) is 18.2 Å². The lowest BCUT2D eigenvalue weighted by Gasteiger charge is -1.90. The molecule has 5 N–H and O–H groups in total. The van der Waals surface area contributed by atoms with E-state index in [1.54, 1.807) is 24.3 Å². The Morgan fingerprint density at radius 1 is 1.38 bits per heavy atom. The highest BCUT2D eigenvalue weighted by molar-refractivity contribution is 5.72. The number of nitrogens with two attached hydrogens (primary N) is 1. The molecule has 5 nitrogen and oxygen atoms in total. The van der Waals surface area contributed by atoms with E-state index in [0.29, 0.717) is 5.75 Å². The molecule has 0 bridgehead atoms. The van der Waals surface area contributed by atoms with Crippen LogP contribution in [0.2, 0.25) is 0 Å². The van der Waals surface area contributed by atoms with Gasteiger partial charge in [-0.25, -0.2) is 10.6 Å². The Labute approximate surface area is 76.5 Å². The van der Waals surface area contributed by atoms with Crippen LogP contribution in [0.5, 0.6) is 5.75 Å². The van der Waals surface area contributed by atoms with Crippen molar-refractivity contribution >= 4 is 6.03 Å². The maximum atomic E-state index is 9.83. The Morgan fingerprint density at radius 3 is 2.08 bits per heavy atom. The number of carbonyl (C=O) groups is 1. The summed E-state index contributed by atoms with van der Waals surface area (Å²) in [6, 6.07) is 8.33. The lowest BCUT2D eigenvalue weighted by molar-refractivity contribution is 0.243. The standard InChI is InChI=1S/C6H6O.C2H7N3O/c7-6-4-2-1-3-5-6;1-4-2(6)5-3/h1-5,7H;3H2,1H3,(H2,4,5,6). The second kappa shape index (κ2) is 6.93. The molecule has 0 saturated heterocycles. The number of aromatic hydroxyl groups is 1. The van der Waals surface area contributed by atoms with Crippen LogP contribution in [-0.4, -0.2) is 18.2 Å². The fourth-order valence-electron chi connectivity index (χ4n) is 0.500. The van der Waals surface area contributed by atoms with E-state index < -0.39 is 0 Å². The first-order valence-corrected chi connectivity index (χ1v) is 3.63. The first-order valence-electron chi connectivity index (χ1n) is 3.63. The van der Waals surface area contributed by atoms with Crippen molar-refractivity contribution in [2.75, 3.05) is 7.05 Å². The van der Waals surface area contributed by atoms with Gasteiger partial charge in [0.1, 0.15) is 5.75 Å². The van der Waals surface area contributed by atoms with Crippen molar-refractivity contribution in [3.05, 3.63) is 30.3 Å². The zero-order valence-corrected chi connectivity index (χ0v) is 7.32. The van der Waals surface area contributed by atoms with Gasteiger partial charge in [0.05, 0.1) is 0 Å². The molecule has 0 aliphatic heterocycles. The molecule has 2 amide bonds. The van der Waals surface area contributed by atoms with E-state index in [1.807, 2.05) is 11.5 Å². The van der Waals surface area contributed by atoms with Crippen molar-refractivity contribution in [3.63, 3.8) is 0 Å². The number of hydrazine groups is 1. The van der Waals surface area contributed by atoms with E-state index in [2.05, 4.69) is 11.2 Å². The predicted octanol–water partition coefficient (Wildman–Crippen LogP) is 0.181. The third-order valence-corrected chi connectivity index (χ3v) is 1.11. The number of nitrogens with one attached hydrogen (secondary N) is 2. The summed E-state index contributed by atoms with van der Waals surface area (Å²) >= 11 is 0. The van der Waals surface area contributed by atoms with Crippen molar-refractivity contribution in [1.29, 1.82) is 0 Å². The number of urea groups is 1. The second-order valence-corrected chi connectivity index (χ2v) is 2.06. The molecule has 0 unspecified atom stereocenters. The molecule has 0 aromatic heterocycles. The molecule has 13 heavy (non-hydrogen) atoms. The highest BCUT2D eigenvalue weighted by atomic mass is 16.3. The molecule has 0 radical (unpaired) electrons. The van der Waals surface area contributed by atoms with E-state index in [-0.39, 0.29) is 6.03 Å². The van der Waals surface area contributed by atoms with Gasteiger partial charge >= 0.3 is 6.03 Å². The van der Waals surface area contributed by atoms with Crippen LogP contribution in [0, 0.1) is 0 Å². The minimum atomic E-state index is -0.380. The molecule has 1 aromatic rings. The van der Waals surface area contributed by atoms with Crippen molar-refractivity contribution in [2.45, 2.75) is 0 Å². The van der Waals surface area contributed by atoms with Gasteiger partial charge < -0.3 is 10.4 Å². The van der Waals surface area contributed by atoms with Gasteiger partial charge in [-0.15, -0.1) is 0 Å². The molecule has 0 aliphatic carbocycles. The molecule has 1 aromatic carbocycles. The summed E-state index contributed by atoms with van der Waals surface area (Å²) in [7, 11) is 1.49. The molecule has 0 fully saturated rings.